The van der Waals surface area contributed by atoms with Gasteiger partial charge in [-0.2, -0.15) is 0 Å². The van der Waals surface area contributed by atoms with E-state index in [0.29, 0.717) is 11.4 Å². The quantitative estimate of drug-likeness (QED) is 0.778. The average Bonchev–Trinajstić information content (AvgIpc) is 2.85. The Hall–Kier alpha value is -3.42. The highest BCUT2D eigenvalue weighted by atomic mass is 16.5. The number of hydrogen-bond acceptors (Lipinski definition) is 5. The number of methoxy groups -OCH3 is 1. The molecule has 0 atom stereocenters. The topological polar surface area (TPSA) is 91.0 Å². The summed E-state index contributed by atoms with van der Waals surface area (Å²) in [7, 11) is 3.21. The van der Waals surface area contributed by atoms with Crippen molar-refractivity contribution in [1.82, 2.24) is 19.3 Å². The molecule has 0 aliphatic carbocycles. The molecule has 8 heteroatoms. The summed E-state index contributed by atoms with van der Waals surface area (Å²) in [6.45, 7) is 1.76. The Morgan fingerprint density at radius 1 is 1.20 bits per heavy atom. The molecule has 0 fully saturated rings. The first kappa shape index (κ1) is 16.4. The Labute approximate surface area is 143 Å². The molecular weight excluding hydrogens is 322 g/mol. The molecule has 1 amide bonds. The fraction of sp³-hybridized carbons (Fsp3) is 0.176. The molecule has 0 radical (unpaired) electrons. The van der Waals surface area contributed by atoms with Gasteiger partial charge in [-0.05, 0) is 19.1 Å². The van der Waals surface area contributed by atoms with Crippen molar-refractivity contribution in [3.05, 3.63) is 64.5 Å². The van der Waals surface area contributed by atoms with Crippen molar-refractivity contribution in [1.29, 1.82) is 0 Å². The Bertz CT molecular complexity index is 976. The number of amides is 1. The van der Waals surface area contributed by atoms with E-state index >= 15 is 0 Å². The molecule has 2 heterocycles. The van der Waals surface area contributed by atoms with Crippen molar-refractivity contribution in [3.63, 3.8) is 0 Å². The molecule has 3 aromatic rings. The standard InChI is InChI=1S/C17H17N5O3/c1-11-15(20-16(23)13-9-14(25-3)19-10-18-13)17(24)22(21(11)2)12-7-5-4-6-8-12/h4-10H,1-3H3,(H,20,23). The van der Waals surface area contributed by atoms with Crippen molar-refractivity contribution >= 4 is 11.6 Å². The van der Waals surface area contributed by atoms with Crippen LogP contribution in [0.4, 0.5) is 5.69 Å². The molecule has 0 bridgehead atoms. The highest BCUT2D eigenvalue weighted by molar-refractivity contribution is 6.03. The molecule has 0 spiro atoms. The number of aromatic nitrogens is 4. The first-order valence-corrected chi connectivity index (χ1v) is 7.54. The lowest BCUT2D eigenvalue weighted by Gasteiger charge is -2.07. The summed E-state index contributed by atoms with van der Waals surface area (Å²) < 4.78 is 8.16. The summed E-state index contributed by atoms with van der Waals surface area (Å²) in [5.74, 6) is -0.238. The molecule has 0 unspecified atom stereocenters. The van der Waals surface area contributed by atoms with Crippen molar-refractivity contribution in [2.75, 3.05) is 12.4 Å². The number of rotatable bonds is 4. The van der Waals surface area contributed by atoms with Crippen LogP contribution in [-0.2, 0) is 7.05 Å². The summed E-state index contributed by atoms with van der Waals surface area (Å²) in [5, 5.41) is 2.64. The van der Waals surface area contributed by atoms with Crippen LogP contribution in [0.2, 0.25) is 0 Å². The zero-order valence-electron chi connectivity index (χ0n) is 14.1. The minimum atomic E-state index is -0.508. The molecule has 0 aliphatic heterocycles. The Morgan fingerprint density at radius 2 is 1.92 bits per heavy atom. The summed E-state index contributed by atoms with van der Waals surface area (Å²) >= 11 is 0. The Kier molecular flexibility index (Phi) is 4.34. The number of ether oxygens (including phenoxy) is 1. The number of nitrogens with zero attached hydrogens (tertiary/aromatic N) is 4. The van der Waals surface area contributed by atoms with E-state index in [1.165, 1.54) is 24.2 Å². The lowest BCUT2D eigenvalue weighted by atomic mass is 10.3. The molecule has 1 N–H and O–H groups in total. The van der Waals surface area contributed by atoms with Gasteiger partial charge in [0, 0.05) is 13.1 Å². The third-order valence-electron chi connectivity index (χ3n) is 3.88. The van der Waals surface area contributed by atoms with Crippen LogP contribution in [0.5, 0.6) is 5.88 Å². The van der Waals surface area contributed by atoms with E-state index in [4.69, 9.17) is 4.74 Å². The summed E-state index contributed by atoms with van der Waals surface area (Å²) in [4.78, 5) is 33.0. The molecule has 25 heavy (non-hydrogen) atoms. The SMILES string of the molecule is COc1cc(C(=O)Nc2c(C)n(C)n(-c3ccccc3)c2=O)ncn1. The maximum atomic E-state index is 12.8. The van der Waals surface area contributed by atoms with Gasteiger partial charge in [0.15, 0.2) is 0 Å². The zero-order chi connectivity index (χ0) is 18.0. The molecule has 2 aromatic heterocycles. The van der Waals surface area contributed by atoms with E-state index in [9.17, 15) is 9.59 Å². The van der Waals surface area contributed by atoms with Crippen LogP contribution in [0.1, 0.15) is 16.2 Å². The van der Waals surface area contributed by atoms with E-state index in [2.05, 4.69) is 15.3 Å². The van der Waals surface area contributed by atoms with Crippen LogP contribution in [0.15, 0.2) is 47.5 Å². The van der Waals surface area contributed by atoms with Crippen LogP contribution in [0.3, 0.4) is 0 Å². The van der Waals surface area contributed by atoms with Crippen molar-refractivity contribution in [2.45, 2.75) is 6.92 Å². The van der Waals surface area contributed by atoms with Crippen molar-refractivity contribution < 1.29 is 9.53 Å². The number of carbonyl (C=O) groups is 1. The van der Waals surface area contributed by atoms with Gasteiger partial charge in [-0.15, -0.1) is 0 Å². The maximum Gasteiger partial charge on any atom is 0.295 e. The van der Waals surface area contributed by atoms with Crippen LogP contribution >= 0.6 is 0 Å². The Morgan fingerprint density at radius 3 is 2.60 bits per heavy atom. The molecule has 0 saturated carbocycles. The Balaban J connectivity index is 1.98. The number of carbonyl (C=O) groups excluding carboxylic acids is 1. The largest absolute Gasteiger partial charge is 0.481 e. The molecule has 3 rings (SSSR count). The second-order valence-corrected chi connectivity index (χ2v) is 5.34. The minimum Gasteiger partial charge on any atom is -0.481 e. The second-order valence-electron chi connectivity index (χ2n) is 5.34. The number of benzene rings is 1. The van der Waals surface area contributed by atoms with E-state index in [1.807, 2.05) is 30.3 Å². The van der Waals surface area contributed by atoms with Crippen molar-refractivity contribution in [2.24, 2.45) is 7.05 Å². The minimum absolute atomic E-state index is 0.112. The van der Waals surface area contributed by atoms with E-state index in [-0.39, 0.29) is 22.8 Å². The highest BCUT2D eigenvalue weighted by Crippen LogP contribution is 2.15. The third kappa shape index (κ3) is 3.01. The van der Waals surface area contributed by atoms with E-state index in [0.717, 1.165) is 0 Å². The molecule has 128 valence electrons. The summed E-state index contributed by atoms with van der Waals surface area (Å²) in [6.07, 6.45) is 1.23. The van der Waals surface area contributed by atoms with Crippen LogP contribution < -0.4 is 15.6 Å². The predicted molar refractivity (Wildman–Crippen MR) is 92.3 cm³/mol. The predicted octanol–water partition coefficient (Wildman–Crippen LogP) is 1.54. The lowest BCUT2D eigenvalue weighted by Crippen LogP contribution is -2.23. The molecule has 0 saturated heterocycles. The normalized spacial score (nSPS) is 10.5. The molecular formula is C17H17N5O3. The van der Waals surface area contributed by atoms with Crippen LogP contribution in [0.25, 0.3) is 5.69 Å². The maximum absolute atomic E-state index is 12.8. The van der Waals surface area contributed by atoms with Gasteiger partial charge in [-0.3, -0.25) is 14.3 Å². The third-order valence-corrected chi connectivity index (χ3v) is 3.88. The average molecular weight is 339 g/mol. The van der Waals surface area contributed by atoms with Gasteiger partial charge in [-0.1, -0.05) is 18.2 Å². The first-order chi connectivity index (χ1) is 12.0. The van der Waals surface area contributed by atoms with E-state index < -0.39 is 5.91 Å². The lowest BCUT2D eigenvalue weighted by molar-refractivity contribution is 0.102. The van der Waals surface area contributed by atoms with Crippen LogP contribution in [0, 0.1) is 6.92 Å². The fourth-order valence-corrected chi connectivity index (χ4v) is 2.47. The van der Waals surface area contributed by atoms with Gasteiger partial charge >= 0.3 is 0 Å². The van der Waals surface area contributed by atoms with Gasteiger partial charge in [0.05, 0.1) is 18.5 Å². The van der Waals surface area contributed by atoms with Gasteiger partial charge < -0.3 is 10.1 Å². The first-order valence-electron chi connectivity index (χ1n) is 7.54. The summed E-state index contributed by atoms with van der Waals surface area (Å²) in [6, 6.07) is 10.6. The van der Waals surface area contributed by atoms with Crippen molar-refractivity contribution in [3.8, 4) is 11.6 Å². The van der Waals surface area contributed by atoms with Gasteiger partial charge in [-0.25, -0.2) is 14.6 Å². The number of para-hydroxylation sites is 1. The van der Waals surface area contributed by atoms with Gasteiger partial charge in [0.25, 0.3) is 11.5 Å². The van der Waals surface area contributed by atoms with Gasteiger partial charge in [0.1, 0.15) is 17.7 Å². The number of nitrogens with one attached hydrogen (secondary N) is 1. The molecule has 1 aromatic carbocycles. The van der Waals surface area contributed by atoms with Gasteiger partial charge in [0.2, 0.25) is 5.88 Å². The smallest absolute Gasteiger partial charge is 0.295 e. The fourth-order valence-electron chi connectivity index (χ4n) is 2.47. The highest BCUT2D eigenvalue weighted by Gasteiger charge is 2.19. The number of hydrogen-bond donors (Lipinski definition) is 1. The monoisotopic (exact) mass is 339 g/mol. The molecule has 0 aliphatic rings. The zero-order valence-corrected chi connectivity index (χ0v) is 14.1. The number of anilines is 1. The van der Waals surface area contributed by atoms with Crippen LogP contribution in [-0.4, -0.2) is 32.3 Å². The second kappa shape index (κ2) is 6.60. The molecule has 8 nitrogen and oxygen atoms in total. The van der Waals surface area contributed by atoms with E-state index in [1.54, 1.807) is 18.7 Å². The summed E-state index contributed by atoms with van der Waals surface area (Å²) in [5.41, 5.74) is 1.33.